The predicted molar refractivity (Wildman–Crippen MR) is 110 cm³/mol. The summed E-state index contributed by atoms with van der Waals surface area (Å²) in [5, 5.41) is 6.07. The van der Waals surface area contributed by atoms with Crippen molar-refractivity contribution in [2.75, 3.05) is 51.3 Å². The number of hydrogen-bond donors (Lipinski definition) is 2. The second-order valence-corrected chi connectivity index (χ2v) is 6.56. The van der Waals surface area contributed by atoms with E-state index in [1.165, 1.54) is 6.20 Å². The Bertz CT molecular complexity index is 837. The Morgan fingerprint density at radius 1 is 1.21 bits per heavy atom. The lowest BCUT2D eigenvalue weighted by molar-refractivity contribution is 0.0383. The first-order chi connectivity index (χ1) is 14.2. The molecule has 2 heterocycles. The number of esters is 1. The molecule has 1 amide bonds. The van der Waals surface area contributed by atoms with Crippen LogP contribution in [0.5, 0.6) is 0 Å². The molecule has 2 aromatic rings. The maximum Gasteiger partial charge on any atom is 0.340 e. The fourth-order valence-electron chi connectivity index (χ4n) is 3.02. The first kappa shape index (κ1) is 20.8. The van der Waals surface area contributed by atoms with Gasteiger partial charge in [0.25, 0.3) is 5.91 Å². The Labute approximate surface area is 170 Å². The van der Waals surface area contributed by atoms with E-state index >= 15 is 0 Å². The van der Waals surface area contributed by atoms with Gasteiger partial charge < -0.3 is 20.1 Å². The van der Waals surface area contributed by atoms with Crippen LogP contribution in [-0.2, 0) is 9.47 Å². The van der Waals surface area contributed by atoms with Crippen LogP contribution in [0.4, 0.5) is 11.4 Å². The molecule has 29 heavy (non-hydrogen) atoms. The third kappa shape index (κ3) is 6.00. The third-order valence-corrected chi connectivity index (χ3v) is 4.52. The molecule has 8 heteroatoms. The number of carbonyl (C=O) groups excluding carboxylic acids is 2. The van der Waals surface area contributed by atoms with Crippen LogP contribution in [0.3, 0.4) is 0 Å². The van der Waals surface area contributed by atoms with E-state index in [1.807, 2.05) is 6.07 Å². The van der Waals surface area contributed by atoms with Crippen LogP contribution < -0.4 is 10.6 Å². The fraction of sp³-hybridized carbons (Fsp3) is 0.381. The topological polar surface area (TPSA) is 92.8 Å². The zero-order chi connectivity index (χ0) is 20.5. The minimum atomic E-state index is -0.402. The van der Waals surface area contributed by atoms with Crippen molar-refractivity contribution < 1.29 is 19.1 Å². The van der Waals surface area contributed by atoms with Crippen molar-refractivity contribution in [3.8, 4) is 0 Å². The van der Waals surface area contributed by atoms with Gasteiger partial charge in [-0.25, -0.2) is 4.79 Å². The highest BCUT2D eigenvalue weighted by atomic mass is 16.5. The Kier molecular flexibility index (Phi) is 7.54. The van der Waals surface area contributed by atoms with Crippen LogP contribution in [0.1, 0.15) is 27.6 Å². The highest BCUT2D eigenvalue weighted by Gasteiger charge is 2.14. The molecular weight excluding hydrogens is 372 g/mol. The number of nitrogens with one attached hydrogen (secondary N) is 2. The van der Waals surface area contributed by atoms with E-state index < -0.39 is 5.97 Å². The van der Waals surface area contributed by atoms with Gasteiger partial charge in [-0.1, -0.05) is 12.1 Å². The van der Waals surface area contributed by atoms with Gasteiger partial charge in [-0.15, -0.1) is 0 Å². The molecule has 0 bridgehead atoms. The molecule has 2 N–H and O–H groups in total. The van der Waals surface area contributed by atoms with E-state index in [9.17, 15) is 9.59 Å². The first-order valence-electron chi connectivity index (χ1n) is 9.74. The smallest absolute Gasteiger partial charge is 0.340 e. The minimum absolute atomic E-state index is 0.187. The fourth-order valence-corrected chi connectivity index (χ4v) is 3.02. The molecular formula is C21H26N4O4. The molecule has 1 fully saturated rings. The number of nitrogens with zero attached hydrogens (tertiary/aromatic N) is 2. The molecule has 8 nitrogen and oxygen atoms in total. The van der Waals surface area contributed by atoms with Crippen molar-refractivity contribution in [1.29, 1.82) is 0 Å². The molecule has 1 saturated heterocycles. The molecule has 1 aromatic heterocycles. The maximum atomic E-state index is 12.5. The van der Waals surface area contributed by atoms with Gasteiger partial charge in [0, 0.05) is 32.4 Å². The van der Waals surface area contributed by atoms with Crippen molar-refractivity contribution in [3.63, 3.8) is 0 Å². The number of ether oxygens (including phenoxy) is 2. The predicted octanol–water partition coefficient (Wildman–Crippen LogP) is 2.06. The number of para-hydroxylation sites is 1. The van der Waals surface area contributed by atoms with E-state index in [-0.39, 0.29) is 5.91 Å². The van der Waals surface area contributed by atoms with Crippen LogP contribution in [0, 0.1) is 0 Å². The average Bonchev–Trinajstić information content (AvgIpc) is 2.75. The molecule has 0 saturated carbocycles. The summed E-state index contributed by atoms with van der Waals surface area (Å²) in [4.78, 5) is 31.0. The number of pyridine rings is 1. The lowest BCUT2D eigenvalue weighted by Gasteiger charge is -2.26. The molecule has 0 atom stereocenters. The highest BCUT2D eigenvalue weighted by molar-refractivity contribution is 5.97. The molecule has 1 aliphatic rings. The van der Waals surface area contributed by atoms with Crippen molar-refractivity contribution in [2.24, 2.45) is 0 Å². The summed E-state index contributed by atoms with van der Waals surface area (Å²) in [6.45, 7) is 6.65. The molecule has 3 rings (SSSR count). The van der Waals surface area contributed by atoms with Crippen LogP contribution in [0.15, 0.2) is 42.7 Å². The maximum absolute atomic E-state index is 12.5. The number of carbonyl (C=O) groups is 2. The van der Waals surface area contributed by atoms with Gasteiger partial charge in [0.05, 0.1) is 48.5 Å². The molecule has 0 radical (unpaired) electrons. The summed E-state index contributed by atoms with van der Waals surface area (Å²) in [6.07, 6.45) is 3.12. The largest absolute Gasteiger partial charge is 0.462 e. The highest BCUT2D eigenvalue weighted by Crippen LogP contribution is 2.21. The molecule has 1 aliphatic heterocycles. The van der Waals surface area contributed by atoms with Gasteiger partial charge in [0.2, 0.25) is 0 Å². The van der Waals surface area contributed by atoms with Crippen molar-refractivity contribution in [3.05, 3.63) is 53.9 Å². The summed E-state index contributed by atoms with van der Waals surface area (Å²) in [7, 11) is 0. The lowest BCUT2D eigenvalue weighted by Crippen LogP contribution is -2.41. The van der Waals surface area contributed by atoms with Gasteiger partial charge >= 0.3 is 5.97 Å². The van der Waals surface area contributed by atoms with Crippen LogP contribution in [0.25, 0.3) is 0 Å². The molecule has 0 spiro atoms. The second-order valence-electron chi connectivity index (χ2n) is 6.56. The number of morpholine rings is 1. The van der Waals surface area contributed by atoms with Gasteiger partial charge in [0.15, 0.2) is 0 Å². The number of amides is 1. The number of benzene rings is 1. The summed E-state index contributed by atoms with van der Waals surface area (Å²) < 4.78 is 10.4. The normalized spacial score (nSPS) is 14.2. The zero-order valence-corrected chi connectivity index (χ0v) is 16.5. The molecule has 154 valence electrons. The van der Waals surface area contributed by atoms with Crippen molar-refractivity contribution >= 4 is 23.3 Å². The van der Waals surface area contributed by atoms with E-state index in [2.05, 4.69) is 20.5 Å². The molecule has 0 aliphatic carbocycles. The number of anilines is 2. The van der Waals surface area contributed by atoms with E-state index in [0.29, 0.717) is 35.7 Å². The van der Waals surface area contributed by atoms with Crippen LogP contribution in [0.2, 0.25) is 0 Å². The third-order valence-electron chi connectivity index (χ3n) is 4.52. The van der Waals surface area contributed by atoms with Gasteiger partial charge in [-0.3, -0.25) is 14.7 Å². The Morgan fingerprint density at radius 2 is 2.00 bits per heavy atom. The Morgan fingerprint density at radius 3 is 2.79 bits per heavy atom. The summed E-state index contributed by atoms with van der Waals surface area (Å²) >= 11 is 0. The number of rotatable bonds is 8. The first-order valence-corrected chi connectivity index (χ1v) is 9.74. The van der Waals surface area contributed by atoms with Gasteiger partial charge in [-0.05, 0) is 25.1 Å². The second kappa shape index (κ2) is 10.5. The monoisotopic (exact) mass is 398 g/mol. The molecule has 1 aromatic carbocycles. The van der Waals surface area contributed by atoms with Crippen molar-refractivity contribution in [1.82, 2.24) is 15.2 Å². The number of aromatic nitrogens is 1. The van der Waals surface area contributed by atoms with Gasteiger partial charge in [0.1, 0.15) is 0 Å². The van der Waals surface area contributed by atoms with E-state index in [4.69, 9.17) is 9.47 Å². The standard InChI is InChI=1S/C21H26N4O4/c1-2-29-21(27)18-5-3-4-6-19(18)24-17-13-16(14-22-15-17)20(26)23-7-8-25-9-11-28-12-10-25/h3-6,13-15,24H,2,7-12H2,1H3,(H,23,26). The van der Waals surface area contributed by atoms with E-state index in [1.54, 1.807) is 37.4 Å². The minimum Gasteiger partial charge on any atom is -0.462 e. The Balaban J connectivity index is 1.61. The average molecular weight is 398 g/mol. The van der Waals surface area contributed by atoms with Crippen LogP contribution >= 0.6 is 0 Å². The lowest BCUT2D eigenvalue weighted by atomic mass is 10.1. The van der Waals surface area contributed by atoms with Gasteiger partial charge in [-0.2, -0.15) is 0 Å². The summed E-state index contributed by atoms with van der Waals surface area (Å²) in [5.41, 5.74) is 2.08. The van der Waals surface area contributed by atoms with Crippen molar-refractivity contribution in [2.45, 2.75) is 6.92 Å². The van der Waals surface area contributed by atoms with E-state index in [0.717, 1.165) is 32.8 Å². The molecule has 0 unspecified atom stereocenters. The summed E-state index contributed by atoms with van der Waals surface area (Å²) in [5.74, 6) is -0.589. The SMILES string of the molecule is CCOC(=O)c1ccccc1Nc1cncc(C(=O)NCCN2CCOCC2)c1. The van der Waals surface area contributed by atoms with Crippen LogP contribution in [-0.4, -0.2) is 67.8 Å². The zero-order valence-electron chi connectivity index (χ0n) is 16.5. The number of hydrogen-bond acceptors (Lipinski definition) is 7. The Hall–Kier alpha value is -2.97. The summed E-state index contributed by atoms with van der Waals surface area (Å²) in [6, 6.07) is 8.77. The quantitative estimate of drug-likeness (QED) is 0.658.